The van der Waals surface area contributed by atoms with E-state index >= 15 is 0 Å². The molecule has 0 unspecified atom stereocenters. The van der Waals surface area contributed by atoms with Gasteiger partial charge in [0.15, 0.2) is 23.3 Å². The van der Waals surface area contributed by atoms with Crippen LogP contribution in [0.15, 0.2) is 218 Å². The van der Waals surface area contributed by atoms with Gasteiger partial charge in [0.2, 0.25) is 0 Å². The van der Waals surface area contributed by atoms with E-state index in [9.17, 15) is 5.26 Å². The number of aromatic nitrogens is 5. The summed E-state index contributed by atoms with van der Waals surface area (Å²) in [6.07, 6.45) is 0. The van der Waals surface area contributed by atoms with E-state index in [0.717, 1.165) is 88.6 Å². The topological polar surface area (TPSA) is 88.2 Å². The van der Waals surface area contributed by atoms with Gasteiger partial charge in [0.1, 0.15) is 0 Å². The van der Waals surface area contributed by atoms with Crippen LogP contribution in [0.5, 0.6) is 0 Å². The highest BCUT2D eigenvalue weighted by Gasteiger charge is 2.19. The Morgan fingerprint density at radius 3 is 1.44 bits per heavy atom. The number of rotatable bonds is 8. The SMILES string of the molecule is N#Cc1ccc(-c2cccc(-c3nc(-c4ccccc4)nc(-c4ccccc4-c4ccccc4-c4cccc(-c5nc(-c6ccccc6)c6ccccc6n5)c4)n3)c2)c2ccccc12. The van der Waals surface area contributed by atoms with Gasteiger partial charge >= 0.3 is 0 Å². The van der Waals surface area contributed by atoms with Crippen molar-refractivity contribution < 1.29 is 0 Å². The van der Waals surface area contributed by atoms with Crippen LogP contribution >= 0.6 is 0 Å². The summed E-state index contributed by atoms with van der Waals surface area (Å²) in [4.78, 5) is 25.8. The molecule has 2 aromatic heterocycles. The molecular weight excluding hydrogens is 781 g/mol. The largest absolute Gasteiger partial charge is 0.228 e. The molecule has 11 rings (SSSR count). The Bertz CT molecular complexity index is 3580. The van der Waals surface area contributed by atoms with Crippen molar-refractivity contribution in [3.63, 3.8) is 0 Å². The number of hydrogen-bond acceptors (Lipinski definition) is 6. The van der Waals surface area contributed by atoms with E-state index in [2.05, 4.69) is 109 Å². The Kier molecular flexibility index (Phi) is 9.81. The van der Waals surface area contributed by atoms with Gasteiger partial charge in [0, 0.05) is 38.6 Å². The zero-order valence-corrected chi connectivity index (χ0v) is 34.5. The molecule has 64 heavy (non-hydrogen) atoms. The number of benzene rings is 9. The molecule has 11 aromatic rings. The van der Waals surface area contributed by atoms with Gasteiger partial charge in [-0.05, 0) is 63.0 Å². The van der Waals surface area contributed by atoms with Crippen LogP contribution < -0.4 is 0 Å². The van der Waals surface area contributed by atoms with E-state index in [1.54, 1.807) is 0 Å². The molecule has 0 spiro atoms. The van der Waals surface area contributed by atoms with Gasteiger partial charge < -0.3 is 0 Å². The Morgan fingerprint density at radius 1 is 0.281 bits per heavy atom. The van der Waals surface area contributed by atoms with Crippen LogP contribution in [0.3, 0.4) is 0 Å². The lowest BCUT2D eigenvalue weighted by molar-refractivity contribution is 1.07. The zero-order chi connectivity index (χ0) is 42.8. The molecule has 0 fully saturated rings. The average molecular weight is 817 g/mol. The van der Waals surface area contributed by atoms with Crippen molar-refractivity contribution in [2.24, 2.45) is 0 Å². The smallest absolute Gasteiger partial charge is 0.164 e. The first kappa shape index (κ1) is 38.0. The van der Waals surface area contributed by atoms with Crippen LogP contribution in [0.4, 0.5) is 0 Å². The van der Waals surface area contributed by atoms with Gasteiger partial charge in [-0.25, -0.2) is 24.9 Å². The Hall–Kier alpha value is -8.92. The predicted molar refractivity (Wildman–Crippen MR) is 259 cm³/mol. The molecule has 0 radical (unpaired) electrons. The maximum Gasteiger partial charge on any atom is 0.164 e. The van der Waals surface area contributed by atoms with Crippen LogP contribution in [0.1, 0.15) is 5.56 Å². The van der Waals surface area contributed by atoms with Crippen LogP contribution in [0.25, 0.3) is 112 Å². The molecule has 0 saturated heterocycles. The van der Waals surface area contributed by atoms with Crippen molar-refractivity contribution in [1.82, 2.24) is 24.9 Å². The highest BCUT2D eigenvalue weighted by atomic mass is 15.0. The highest BCUT2D eigenvalue weighted by Crippen LogP contribution is 2.40. The van der Waals surface area contributed by atoms with E-state index in [1.807, 2.05) is 115 Å². The summed E-state index contributed by atoms with van der Waals surface area (Å²) in [5.74, 6) is 2.37. The third-order valence-electron chi connectivity index (χ3n) is 11.6. The van der Waals surface area contributed by atoms with Gasteiger partial charge in [-0.15, -0.1) is 0 Å². The van der Waals surface area contributed by atoms with Crippen LogP contribution in [0, 0.1) is 11.3 Å². The maximum absolute atomic E-state index is 9.84. The second-order valence-electron chi connectivity index (χ2n) is 15.5. The standard InChI is InChI=1S/C58H36N6/c59-37-44-33-34-47(48-27-9-8-26-46(44)48)41-22-16-24-43(36-41)57-62-55(39-19-5-2-6-20-39)63-58(64-57)51-30-12-11-29-50(51)49-28-10-7-25-45(49)40-21-15-23-42(35-40)56-60-53-32-14-13-31-52(53)54(61-56)38-17-3-1-4-18-38/h1-36H. The van der Waals surface area contributed by atoms with Crippen molar-refractivity contribution in [3.05, 3.63) is 224 Å². The second kappa shape index (κ2) is 16.5. The van der Waals surface area contributed by atoms with Gasteiger partial charge in [0.05, 0.1) is 22.8 Å². The number of nitrogens with zero attached hydrogens (tertiary/aromatic N) is 6. The van der Waals surface area contributed by atoms with E-state index < -0.39 is 0 Å². The first-order chi connectivity index (χ1) is 31.7. The number of para-hydroxylation sites is 1. The molecule has 0 bridgehead atoms. The fourth-order valence-electron chi connectivity index (χ4n) is 8.55. The normalized spacial score (nSPS) is 11.1. The lowest BCUT2D eigenvalue weighted by Gasteiger charge is -2.16. The first-order valence-electron chi connectivity index (χ1n) is 21.1. The molecule has 0 atom stereocenters. The number of fused-ring (bicyclic) bond motifs is 2. The van der Waals surface area contributed by atoms with Crippen LogP contribution in [-0.2, 0) is 0 Å². The Labute approximate surface area is 370 Å². The number of nitriles is 1. The zero-order valence-electron chi connectivity index (χ0n) is 34.5. The summed E-state index contributed by atoms with van der Waals surface area (Å²) < 4.78 is 0. The molecule has 0 N–H and O–H groups in total. The minimum absolute atomic E-state index is 0.560. The molecule has 298 valence electrons. The summed E-state index contributed by atoms with van der Waals surface area (Å²) in [5.41, 5.74) is 13.2. The van der Waals surface area contributed by atoms with E-state index in [1.165, 1.54) is 0 Å². The molecule has 0 aliphatic heterocycles. The summed E-state index contributed by atoms with van der Waals surface area (Å²) in [6.45, 7) is 0. The van der Waals surface area contributed by atoms with Crippen molar-refractivity contribution >= 4 is 21.7 Å². The summed E-state index contributed by atoms with van der Waals surface area (Å²) >= 11 is 0. The predicted octanol–water partition coefficient (Wildman–Crippen LogP) is 14.2. The minimum atomic E-state index is 0.560. The molecular formula is C58H36N6. The van der Waals surface area contributed by atoms with E-state index in [4.69, 9.17) is 24.9 Å². The molecule has 6 heteroatoms. The Balaban J connectivity index is 1.03. The monoisotopic (exact) mass is 816 g/mol. The molecule has 2 heterocycles. The molecule has 6 nitrogen and oxygen atoms in total. The lowest BCUT2D eigenvalue weighted by atomic mass is 9.91. The van der Waals surface area contributed by atoms with Crippen molar-refractivity contribution in [2.45, 2.75) is 0 Å². The van der Waals surface area contributed by atoms with E-state index in [-0.39, 0.29) is 0 Å². The van der Waals surface area contributed by atoms with Gasteiger partial charge in [-0.1, -0.05) is 194 Å². The first-order valence-corrected chi connectivity index (χ1v) is 21.1. The number of hydrogen-bond donors (Lipinski definition) is 0. The molecule has 9 aromatic carbocycles. The summed E-state index contributed by atoms with van der Waals surface area (Å²) in [5, 5.41) is 12.8. The van der Waals surface area contributed by atoms with Gasteiger partial charge in [-0.3, -0.25) is 0 Å². The second-order valence-corrected chi connectivity index (χ2v) is 15.5. The molecule has 0 saturated carbocycles. The average Bonchev–Trinajstić information content (AvgIpc) is 3.38. The molecule has 0 aliphatic rings. The quantitative estimate of drug-likeness (QED) is 0.152. The maximum atomic E-state index is 9.84. The third kappa shape index (κ3) is 7.13. The van der Waals surface area contributed by atoms with Gasteiger partial charge in [0.25, 0.3) is 0 Å². The van der Waals surface area contributed by atoms with Crippen molar-refractivity contribution in [1.29, 1.82) is 5.26 Å². The van der Waals surface area contributed by atoms with Crippen LogP contribution in [-0.4, -0.2) is 24.9 Å². The minimum Gasteiger partial charge on any atom is -0.228 e. The van der Waals surface area contributed by atoms with Gasteiger partial charge in [-0.2, -0.15) is 5.26 Å². The third-order valence-corrected chi connectivity index (χ3v) is 11.6. The summed E-state index contributed by atoms with van der Waals surface area (Å²) in [6, 6.07) is 76.4. The fourth-order valence-corrected chi connectivity index (χ4v) is 8.55. The fraction of sp³-hybridized carbons (Fsp3) is 0. The van der Waals surface area contributed by atoms with Crippen molar-refractivity contribution in [3.8, 4) is 96.3 Å². The highest BCUT2D eigenvalue weighted by molar-refractivity contribution is 6.00. The lowest BCUT2D eigenvalue weighted by Crippen LogP contribution is -2.01. The molecule has 0 aliphatic carbocycles. The van der Waals surface area contributed by atoms with Crippen LogP contribution in [0.2, 0.25) is 0 Å². The van der Waals surface area contributed by atoms with E-state index in [0.29, 0.717) is 28.9 Å². The molecule has 0 amide bonds. The summed E-state index contributed by atoms with van der Waals surface area (Å²) in [7, 11) is 0. The Morgan fingerprint density at radius 2 is 0.750 bits per heavy atom. The van der Waals surface area contributed by atoms with Crippen molar-refractivity contribution in [2.75, 3.05) is 0 Å².